The monoisotopic (exact) mass is 310 g/mol. The van der Waals surface area contributed by atoms with Gasteiger partial charge in [-0.15, -0.1) is 0 Å². The quantitative estimate of drug-likeness (QED) is 0.742. The number of aryl methyl sites for hydroxylation is 1. The smallest absolute Gasteiger partial charge is 0.289 e. The van der Waals surface area contributed by atoms with Crippen LogP contribution >= 0.6 is 0 Å². The Balaban J connectivity index is 1.74. The van der Waals surface area contributed by atoms with Gasteiger partial charge >= 0.3 is 5.88 Å². The number of aromatic nitrogens is 4. The molecule has 7 nitrogen and oxygen atoms in total. The van der Waals surface area contributed by atoms with Crippen LogP contribution in [0.15, 0.2) is 47.4 Å². The number of rotatable bonds is 4. The van der Waals surface area contributed by atoms with E-state index in [0.717, 1.165) is 22.3 Å². The Labute approximate surface area is 132 Å². The zero-order chi connectivity index (χ0) is 16.2. The molecule has 0 saturated heterocycles. The summed E-state index contributed by atoms with van der Waals surface area (Å²) in [5, 5.41) is 14.2. The Morgan fingerprint density at radius 1 is 1.22 bits per heavy atom. The molecule has 0 bridgehead atoms. The first-order valence-electron chi connectivity index (χ1n) is 7.12. The van der Waals surface area contributed by atoms with Crippen LogP contribution in [0.4, 0.5) is 5.88 Å². The van der Waals surface area contributed by atoms with Crippen molar-refractivity contribution in [3.8, 4) is 11.1 Å². The van der Waals surface area contributed by atoms with E-state index in [9.17, 15) is 4.79 Å². The predicted octanol–water partition coefficient (Wildman–Crippen LogP) is 1.73. The number of hydrogen-bond acceptors (Lipinski definition) is 5. The summed E-state index contributed by atoms with van der Waals surface area (Å²) < 4.78 is 6.65. The molecule has 3 rings (SSSR count). The lowest BCUT2D eigenvalue weighted by Crippen LogP contribution is -2.35. The van der Waals surface area contributed by atoms with Gasteiger partial charge in [0.1, 0.15) is 0 Å². The number of nitrogens with zero attached hydrogens (tertiary/aromatic N) is 4. The lowest BCUT2D eigenvalue weighted by atomic mass is 10.0. The van der Waals surface area contributed by atoms with Crippen LogP contribution in [0.3, 0.4) is 0 Å². The lowest BCUT2D eigenvalue weighted by molar-refractivity contribution is -0.754. The molecule has 0 atom stereocenters. The van der Waals surface area contributed by atoms with Crippen LogP contribution in [0.25, 0.3) is 11.1 Å². The van der Waals surface area contributed by atoms with Crippen LogP contribution in [0.1, 0.15) is 18.1 Å². The van der Waals surface area contributed by atoms with Gasteiger partial charge in [-0.3, -0.25) is 14.6 Å². The van der Waals surface area contributed by atoms with Crippen molar-refractivity contribution < 1.29 is 14.0 Å². The van der Waals surface area contributed by atoms with Crippen molar-refractivity contribution in [3.63, 3.8) is 0 Å². The summed E-state index contributed by atoms with van der Waals surface area (Å²) in [6.45, 7) is 3.98. The van der Waals surface area contributed by atoms with E-state index in [0.29, 0.717) is 12.4 Å². The Hall–Kier alpha value is -3.09. The highest BCUT2D eigenvalue weighted by molar-refractivity contribution is 5.86. The fourth-order valence-corrected chi connectivity index (χ4v) is 2.24. The molecular formula is C16H16N5O2+. The summed E-state index contributed by atoms with van der Waals surface area (Å²) in [5.74, 6) is 0.131. The van der Waals surface area contributed by atoms with E-state index in [1.165, 1.54) is 6.92 Å². The third kappa shape index (κ3) is 3.57. The Morgan fingerprint density at radius 3 is 2.65 bits per heavy atom. The molecule has 23 heavy (non-hydrogen) atoms. The molecule has 7 heteroatoms. The zero-order valence-corrected chi connectivity index (χ0v) is 12.9. The van der Waals surface area contributed by atoms with Gasteiger partial charge in [0.2, 0.25) is 17.7 Å². The predicted molar refractivity (Wildman–Crippen MR) is 82.3 cm³/mol. The summed E-state index contributed by atoms with van der Waals surface area (Å²) in [7, 11) is 0. The molecule has 2 aromatic heterocycles. The molecule has 0 saturated carbocycles. The maximum atomic E-state index is 11.0. The summed E-state index contributed by atoms with van der Waals surface area (Å²) in [4.78, 5) is 11.0. The minimum atomic E-state index is -0.195. The van der Waals surface area contributed by atoms with Gasteiger partial charge in [-0.25, -0.2) is 0 Å². The molecule has 0 fully saturated rings. The number of nitrogens with one attached hydrogen (secondary N) is 1. The highest BCUT2D eigenvalue weighted by Crippen LogP contribution is 2.21. The second-order valence-electron chi connectivity index (χ2n) is 5.23. The van der Waals surface area contributed by atoms with Gasteiger partial charge in [-0.05, 0) is 22.7 Å². The van der Waals surface area contributed by atoms with Gasteiger partial charge < -0.3 is 0 Å². The van der Waals surface area contributed by atoms with E-state index in [4.69, 9.17) is 4.52 Å². The van der Waals surface area contributed by atoms with Crippen molar-refractivity contribution in [2.45, 2.75) is 20.4 Å². The molecule has 1 N–H and O–H groups in total. The first kappa shape index (κ1) is 14.8. The number of hydrogen-bond donors (Lipinski definition) is 1. The maximum Gasteiger partial charge on any atom is 0.302 e. The molecular weight excluding hydrogens is 294 g/mol. The van der Waals surface area contributed by atoms with Gasteiger partial charge in [-0.2, -0.15) is 10.2 Å². The average molecular weight is 310 g/mol. The minimum Gasteiger partial charge on any atom is -0.289 e. The molecule has 0 radical (unpaired) electrons. The molecule has 0 aliphatic heterocycles. The van der Waals surface area contributed by atoms with Crippen molar-refractivity contribution in [2.24, 2.45) is 0 Å². The molecule has 0 aliphatic rings. The van der Waals surface area contributed by atoms with Crippen LogP contribution in [0.2, 0.25) is 0 Å². The number of carbonyl (C=O) groups is 1. The second kappa shape index (κ2) is 6.35. The number of carbonyl (C=O) groups excluding carboxylic acids is 1. The van der Waals surface area contributed by atoms with Crippen LogP contribution in [0.5, 0.6) is 0 Å². The summed E-state index contributed by atoms with van der Waals surface area (Å²) in [6, 6.07) is 8.12. The Kier molecular flexibility index (Phi) is 4.09. The van der Waals surface area contributed by atoms with Crippen molar-refractivity contribution in [3.05, 3.63) is 54.0 Å². The fourth-order valence-electron chi connectivity index (χ4n) is 2.24. The number of amides is 1. The maximum absolute atomic E-state index is 11.0. The lowest BCUT2D eigenvalue weighted by Gasteiger charge is -2.04. The largest absolute Gasteiger partial charge is 0.302 e. The fraction of sp³-hybridized carbons (Fsp3) is 0.188. The van der Waals surface area contributed by atoms with E-state index in [2.05, 4.69) is 20.8 Å². The normalized spacial score (nSPS) is 10.5. The van der Waals surface area contributed by atoms with Gasteiger partial charge in [0.15, 0.2) is 0 Å². The van der Waals surface area contributed by atoms with Crippen LogP contribution in [-0.4, -0.2) is 21.4 Å². The molecule has 3 aromatic rings. The first-order chi connectivity index (χ1) is 11.1. The molecule has 0 unspecified atom stereocenters. The van der Waals surface area contributed by atoms with Gasteiger partial charge in [-0.1, -0.05) is 24.3 Å². The third-order valence-corrected chi connectivity index (χ3v) is 3.35. The van der Waals surface area contributed by atoms with Gasteiger partial charge in [0, 0.05) is 18.1 Å². The SMILES string of the molecule is CC(=O)Nc1c[n+](Cc2ccc(-c3cnncc3C)cc2)no1. The van der Waals surface area contributed by atoms with Crippen LogP contribution in [-0.2, 0) is 11.3 Å². The minimum absolute atomic E-state index is 0.195. The van der Waals surface area contributed by atoms with Crippen molar-refractivity contribution in [2.75, 3.05) is 5.32 Å². The summed E-state index contributed by atoms with van der Waals surface area (Å²) >= 11 is 0. The van der Waals surface area contributed by atoms with E-state index >= 15 is 0 Å². The third-order valence-electron chi connectivity index (χ3n) is 3.35. The Bertz CT molecular complexity index is 826. The van der Waals surface area contributed by atoms with Crippen molar-refractivity contribution >= 4 is 11.8 Å². The molecule has 0 aliphatic carbocycles. The van der Waals surface area contributed by atoms with Crippen molar-refractivity contribution in [1.82, 2.24) is 15.5 Å². The van der Waals surface area contributed by atoms with E-state index in [1.807, 2.05) is 31.2 Å². The number of benzene rings is 1. The zero-order valence-electron chi connectivity index (χ0n) is 12.9. The molecule has 0 spiro atoms. The average Bonchev–Trinajstić information content (AvgIpc) is 2.95. The highest BCUT2D eigenvalue weighted by Gasteiger charge is 2.13. The topological polar surface area (TPSA) is 84.8 Å². The van der Waals surface area contributed by atoms with Gasteiger partial charge in [0.25, 0.3) is 6.20 Å². The summed E-state index contributed by atoms with van der Waals surface area (Å²) in [6.07, 6.45) is 5.15. The molecule has 2 heterocycles. The second-order valence-corrected chi connectivity index (χ2v) is 5.23. The number of anilines is 1. The first-order valence-corrected chi connectivity index (χ1v) is 7.12. The van der Waals surface area contributed by atoms with E-state index < -0.39 is 0 Å². The van der Waals surface area contributed by atoms with Crippen LogP contribution in [0, 0.1) is 6.92 Å². The Morgan fingerprint density at radius 2 is 1.96 bits per heavy atom. The van der Waals surface area contributed by atoms with E-state index in [1.54, 1.807) is 23.3 Å². The van der Waals surface area contributed by atoms with Gasteiger partial charge in [0.05, 0.1) is 12.4 Å². The molecule has 116 valence electrons. The van der Waals surface area contributed by atoms with Crippen molar-refractivity contribution in [1.29, 1.82) is 0 Å². The van der Waals surface area contributed by atoms with Crippen LogP contribution < -0.4 is 10.00 Å². The van der Waals surface area contributed by atoms with E-state index in [-0.39, 0.29) is 5.91 Å². The standard InChI is InChI=1S/C16H15N5O2/c1-11-7-17-18-8-15(11)14-5-3-13(4-6-14)9-21-10-16(23-20-21)19-12(2)22/h3-8,10H,9H2,1-2H3/p+1. The molecule has 1 aromatic carbocycles. The molecule has 1 amide bonds. The highest BCUT2D eigenvalue weighted by atomic mass is 16.5. The summed E-state index contributed by atoms with van der Waals surface area (Å²) in [5.41, 5.74) is 4.30.